The van der Waals surface area contributed by atoms with E-state index in [1.807, 2.05) is 24.4 Å². The Balaban J connectivity index is 1.91. The number of nitrogens with one attached hydrogen (secondary N) is 1. The minimum Gasteiger partial charge on any atom is -0.360 e. The van der Waals surface area contributed by atoms with Crippen molar-refractivity contribution in [2.24, 2.45) is 0 Å². The highest BCUT2D eigenvalue weighted by molar-refractivity contribution is 5.65. The third kappa shape index (κ3) is 2.68. The summed E-state index contributed by atoms with van der Waals surface area (Å²) in [7, 11) is 0. The maximum atomic E-state index is 5.59. The molecule has 0 bridgehead atoms. The van der Waals surface area contributed by atoms with Gasteiger partial charge in [-0.25, -0.2) is 0 Å². The lowest BCUT2D eigenvalue weighted by molar-refractivity contribution is 0.378. The van der Waals surface area contributed by atoms with Crippen molar-refractivity contribution in [1.82, 2.24) is 15.5 Å². The van der Waals surface area contributed by atoms with Gasteiger partial charge in [0.2, 0.25) is 0 Å². The van der Waals surface area contributed by atoms with E-state index in [4.69, 9.17) is 4.52 Å². The summed E-state index contributed by atoms with van der Waals surface area (Å²) < 4.78 is 5.59. The molecule has 1 saturated carbocycles. The normalized spacial score (nSPS) is 14.8. The number of nitrogens with zero attached hydrogens (tertiary/aromatic N) is 2. The van der Waals surface area contributed by atoms with E-state index in [1.165, 1.54) is 12.8 Å². The van der Waals surface area contributed by atoms with Crippen LogP contribution >= 0.6 is 0 Å². The zero-order valence-electron chi connectivity index (χ0n) is 11.2. The van der Waals surface area contributed by atoms with Crippen LogP contribution < -0.4 is 5.32 Å². The van der Waals surface area contributed by atoms with Crippen LogP contribution in [0.2, 0.25) is 0 Å². The van der Waals surface area contributed by atoms with Crippen molar-refractivity contribution in [2.45, 2.75) is 32.1 Å². The Labute approximate surface area is 113 Å². The van der Waals surface area contributed by atoms with Gasteiger partial charge >= 0.3 is 0 Å². The molecule has 0 unspecified atom stereocenters. The molecule has 0 saturated heterocycles. The number of hydrogen-bond acceptors (Lipinski definition) is 4. The monoisotopic (exact) mass is 257 g/mol. The van der Waals surface area contributed by atoms with Crippen molar-refractivity contribution in [1.29, 1.82) is 0 Å². The molecule has 3 rings (SSSR count). The van der Waals surface area contributed by atoms with E-state index in [9.17, 15) is 0 Å². The predicted octanol–water partition coefficient (Wildman–Crippen LogP) is 2.77. The molecule has 1 fully saturated rings. The highest BCUT2D eigenvalue weighted by atomic mass is 16.5. The van der Waals surface area contributed by atoms with Gasteiger partial charge in [0.25, 0.3) is 0 Å². The fourth-order valence-corrected chi connectivity index (χ4v) is 2.30. The van der Waals surface area contributed by atoms with Crippen LogP contribution in [0.1, 0.15) is 37.1 Å². The molecule has 2 aromatic heterocycles. The Hall–Kier alpha value is -1.68. The van der Waals surface area contributed by atoms with E-state index < -0.39 is 0 Å². The second-order valence-electron chi connectivity index (χ2n) is 4.96. The van der Waals surface area contributed by atoms with Crippen LogP contribution in [-0.4, -0.2) is 23.2 Å². The summed E-state index contributed by atoms with van der Waals surface area (Å²) in [4.78, 5) is 4.46. The standard InChI is InChI=1S/C15H19N3O/c1-2-16-10-8-13-14(12-5-3-4-9-17-12)15(19-18-13)11-6-7-11/h3-5,9,11,16H,2,6-8,10H2,1H3. The molecular formula is C15H19N3O. The summed E-state index contributed by atoms with van der Waals surface area (Å²) in [6.07, 6.45) is 5.13. The lowest BCUT2D eigenvalue weighted by Crippen LogP contribution is -2.16. The van der Waals surface area contributed by atoms with Crippen LogP contribution in [-0.2, 0) is 6.42 Å². The van der Waals surface area contributed by atoms with E-state index in [0.29, 0.717) is 5.92 Å². The number of hydrogen-bond donors (Lipinski definition) is 1. The minimum absolute atomic E-state index is 0.553. The van der Waals surface area contributed by atoms with E-state index >= 15 is 0 Å². The highest BCUT2D eigenvalue weighted by Gasteiger charge is 2.32. The van der Waals surface area contributed by atoms with E-state index in [-0.39, 0.29) is 0 Å². The fourth-order valence-electron chi connectivity index (χ4n) is 2.30. The Morgan fingerprint density at radius 1 is 1.37 bits per heavy atom. The molecular weight excluding hydrogens is 238 g/mol. The first kappa shape index (κ1) is 12.4. The van der Waals surface area contributed by atoms with Crippen molar-refractivity contribution < 1.29 is 4.52 Å². The van der Waals surface area contributed by atoms with Crippen molar-refractivity contribution >= 4 is 0 Å². The first-order valence-electron chi connectivity index (χ1n) is 7.00. The zero-order chi connectivity index (χ0) is 13.1. The number of aromatic nitrogens is 2. The van der Waals surface area contributed by atoms with Crippen LogP contribution in [0.25, 0.3) is 11.3 Å². The molecule has 0 atom stereocenters. The van der Waals surface area contributed by atoms with Crippen molar-refractivity contribution in [3.05, 3.63) is 35.9 Å². The minimum atomic E-state index is 0.553. The quantitative estimate of drug-likeness (QED) is 0.808. The van der Waals surface area contributed by atoms with Crippen molar-refractivity contribution in [2.75, 3.05) is 13.1 Å². The Kier molecular flexibility index (Phi) is 3.60. The van der Waals surface area contributed by atoms with Gasteiger partial charge in [-0.2, -0.15) is 0 Å². The van der Waals surface area contributed by atoms with Gasteiger partial charge in [-0.05, 0) is 31.5 Å². The van der Waals surface area contributed by atoms with Gasteiger partial charge in [-0.1, -0.05) is 18.1 Å². The number of rotatable bonds is 6. The molecule has 0 spiro atoms. The van der Waals surface area contributed by atoms with Gasteiger partial charge in [0.15, 0.2) is 0 Å². The molecule has 1 N–H and O–H groups in total. The summed E-state index contributed by atoms with van der Waals surface area (Å²) in [6, 6.07) is 5.99. The summed E-state index contributed by atoms with van der Waals surface area (Å²) >= 11 is 0. The van der Waals surface area contributed by atoms with Crippen LogP contribution in [0.5, 0.6) is 0 Å². The van der Waals surface area contributed by atoms with Gasteiger partial charge in [-0.3, -0.25) is 4.98 Å². The van der Waals surface area contributed by atoms with Crippen LogP contribution in [0.4, 0.5) is 0 Å². The number of pyridine rings is 1. The third-order valence-corrected chi connectivity index (χ3v) is 3.45. The predicted molar refractivity (Wildman–Crippen MR) is 74.0 cm³/mol. The van der Waals surface area contributed by atoms with E-state index in [0.717, 1.165) is 42.2 Å². The summed E-state index contributed by atoms with van der Waals surface area (Å²) in [6.45, 7) is 4.01. The second kappa shape index (κ2) is 5.53. The lowest BCUT2D eigenvalue weighted by Gasteiger charge is -2.03. The molecule has 2 aromatic rings. The highest BCUT2D eigenvalue weighted by Crippen LogP contribution is 2.45. The van der Waals surface area contributed by atoms with Crippen LogP contribution in [0.15, 0.2) is 28.9 Å². The Morgan fingerprint density at radius 3 is 2.95 bits per heavy atom. The first-order chi connectivity index (χ1) is 9.40. The van der Waals surface area contributed by atoms with Gasteiger partial charge in [0.05, 0.1) is 17.0 Å². The van der Waals surface area contributed by atoms with Gasteiger partial charge in [-0.15, -0.1) is 0 Å². The summed E-state index contributed by atoms with van der Waals surface area (Å²) in [5, 5.41) is 7.60. The fraction of sp³-hybridized carbons (Fsp3) is 0.467. The third-order valence-electron chi connectivity index (χ3n) is 3.45. The molecule has 2 heterocycles. The molecule has 0 radical (unpaired) electrons. The molecule has 4 nitrogen and oxygen atoms in total. The molecule has 4 heteroatoms. The topological polar surface area (TPSA) is 51.0 Å². The Bertz CT molecular complexity index is 532. The van der Waals surface area contributed by atoms with Crippen LogP contribution in [0, 0.1) is 0 Å². The largest absolute Gasteiger partial charge is 0.360 e. The molecule has 19 heavy (non-hydrogen) atoms. The first-order valence-corrected chi connectivity index (χ1v) is 7.00. The average Bonchev–Trinajstić information content (AvgIpc) is 3.21. The maximum Gasteiger partial charge on any atom is 0.149 e. The van der Waals surface area contributed by atoms with Gasteiger partial charge < -0.3 is 9.84 Å². The summed E-state index contributed by atoms with van der Waals surface area (Å²) in [5.74, 6) is 1.59. The smallest absolute Gasteiger partial charge is 0.149 e. The molecule has 0 aromatic carbocycles. The van der Waals surface area contributed by atoms with E-state index in [1.54, 1.807) is 0 Å². The zero-order valence-corrected chi connectivity index (χ0v) is 11.2. The van der Waals surface area contributed by atoms with E-state index in [2.05, 4.69) is 22.4 Å². The SMILES string of the molecule is CCNCCc1noc(C2CC2)c1-c1ccccn1. The molecule has 1 aliphatic carbocycles. The molecule has 0 aliphatic heterocycles. The van der Waals surface area contributed by atoms with Gasteiger partial charge in [0, 0.05) is 25.1 Å². The van der Waals surface area contributed by atoms with Crippen molar-refractivity contribution in [3.8, 4) is 11.3 Å². The van der Waals surface area contributed by atoms with Gasteiger partial charge in [0.1, 0.15) is 5.76 Å². The summed E-state index contributed by atoms with van der Waals surface area (Å²) in [5.41, 5.74) is 3.14. The maximum absolute atomic E-state index is 5.59. The van der Waals surface area contributed by atoms with Crippen molar-refractivity contribution in [3.63, 3.8) is 0 Å². The lowest BCUT2D eigenvalue weighted by atomic mass is 10.0. The molecule has 100 valence electrons. The second-order valence-corrected chi connectivity index (χ2v) is 4.96. The Morgan fingerprint density at radius 2 is 2.26 bits per heavy atom. The molecule has 1 aliphatic rings. The van der Waals surface area contributed by atoms with Crippen LogP contribution in [0.3, 0.4) is 0 Å². The average molecular weight is 257 g/mol. The number of likely N-dealkylation sites (N-methyl/N-ethyl adjacent to an activating group) is 1. The molecule has 0 amide bonds.